The summed E-state index contributed by atoms with van der Waals surface area (Å²) in [6.07, 6.45) is 0.948. The first kappa shape index (κ1) is 14.5. The van der Waals surface area contributed by atoms with E-state index in [-0.39, 0.29) is 4.90 Å². The molecule has 0 saturated carbocycles. The molecule has 0 saturated heterocycles. The van der Waals surface area contributed by atoms with Gasteiger partial charge in [-0.2, -0.15) is 8.78 Å². The maximum Gasteiger partial charge on any atom is 0.341 e. The fourth-order valence-electron chi connectivity index (χ4n) is 2.42. The van der Waals surface area contributed by atoms with Gasteiger partial charge in [-0.1, -0.05) is 0 Å². The molecule has 0 amide bonds. The number of anilines is 1. The standard InChI is InChI=1S/C14H13F2NO2S2/c15-14(16)21(18,19)12-3-1-11(2-4-12)17-7-5-13-10(9-17)6-8-20-13/h1-4,6,8,14H,5,7,9H2. The summed E-state index contributed by atoms with van der Waals surface area (Å²) in [7, 11) is -4.51. The van der Waals surface area contributed by atoms with Gasteiger partial charge in [0.25, 0.3) is 0 Å². The summed E-state index contributed by atoms with van der Waals surface area (Å²) < 4.78 is 47.7. The molecular formula is C14H13F2NO2S2. The van der Waals surface area contributed by atoms with Crippen molar-refractivity contribution in [2.75, 3.05) is 11.4 Å². The Balaban J connectivity index is 1.83. The molecule has 1 aliphatic rings. The summed E-state index contributed by atoms with van der Waals surface area (Å²) in [5, 5.41) is 2.06. The van der Waals surface area contributed by atoms with Crippen LogP contribution < -0.4 is 4.90 Å². The monoisotopic (exact) mass is 329 g/mol. The highest BCUT2D eigenvalue weighted by Gasteiger charge is 2.26. The summed E-state index contributed by atoms with van der Waals surface area (Å²) >= 11 is 1.74. The van der Waals surface area contributed by atoms with E-state index in [0.717, 1.165) is 25.2 Å². The number of nitrogens with zero attached hydrogens (tertiary/aromatic N) is 1. The molecule has 1 aromatic heterocycles. The van der Waals surface area contributed by atoms with Gasteiger partial charge in [-0.25, -0.2) is 8.42 Å². The molecule has 0 bridgehead atoms. The van der Waals surface area contributed by atoms with Gasteiger partial charge < -0.3 is 4.90 Å². The Kier molecular flexibility index (Phi) is 3.71. The molecule has 2 heterocycles. The van der Waals surface area contributed by atoms with Crippen LogP contribution in [0.15, 0.2) is 40.6 Å². The number of halogens is 2. The number of thiophene rings is 1. The highest BCUT2D eigenvalue weighted by atomic mass is 32.2. The molecular weight excluding hydrogens is 316 g/mol. The summed E-state index contributed by atoms with van der Waals surface area (Å²) in [5.74, 6) is -3.38. The number of alkyl halides is 2. The Morgan fingerprint density at radius 1 is 1.14 bits per heavy atom. The molecule has 1 aromatic carbocycles. The summed E-state index contributed by atoms with van der Waals surface area (Å²) in [6, 6.07) is 7.76. The lowest BCUT2D eigenvalue weighted by atomic mass is 10.1. The Labute approximate surface area is 125 Å². The first-order chi connectivity index (χ1) is 9.98. The summed E-state index contributed by atoms with van der Waals surface area (Å²) in [4.78, 5) is 3.16. The van der Waals surface area contributed by atoms with Crippen molar-refractivity contribution >= 4 is 26.9 Å². The fraction of sp³-hybridized carbons (Fsp3) is 0.286. The molecule has 0 atom stereocenters. The van der Waals surface area contributed by atoms with E-state index in [1.165, 1.54) is 22.6 Å². The first-order valence-electron chi connectivity index (χ1n) is 6.41. The van der Waals surface area contributed by atoms with Gasteiger partial charge >= 0.3 is 5.76 Å². The number of benzene rings is 1. The predicted molar refractivity (Wildman–Crippen MR) is 78.7 cm³/mol. The lowest BCUT2D eigenvalue weighted by molar-refractivity contribution is 0.234. The topological polar surface area (TPSA) is 37.4 Å². The van der Waals surface area contributed by atoms with E-state index < -0.39 is 15.6 Å². The van der Waals surface area contributed by atoms with Gasteiger partial charge in [0.15, 0.2) is 0 Å². The largest absolute Gasteiger partial charge is 0.367 e. The Bertz CT molecular complexity index is 739. The van der Waals surface area contributed by atoms with E-state index in [1.54, 1.807) is 23.5 Å². The van der Waals surface area contributed by atoms with Crippen LogP contribution in [0.2, 0.25) is 0 Å². The molecule has 112 valence electrons. The molecule has 0 unspecified atom stereocenters. The zero-order valence-electron chi connectivity index (χ0n) is 11.0. The average Bonchev–Trinajstić information content (AvgIpc) is 2.94. The average molecular weight is 329 g/mol. The van der Waals surface area contributed by atoms with Crippen molar-refractivity contribution in [1.29, 1.82) is 0 Å². The molecule has 0 spiro atoms. The van der Waals surface area contributed by atoms with Crippen LogP contribution in [0, 0.1) is 0 Å². The third-order valence-corrected chi connectivity index (χ3v) is 5.99. The quantitative estimate of drug-likeness (QED) is 0.867. The number of fused-ring (bicyclic) bond motifs is 1. The van der Waals surface area contributed by atoms with Crippen LogP contribution in [0.3, 0.4) is 0 Å². The summed E-state index contributed by atoms with van der Waals surface area (Å²) in [6.45, 7) is 1.61. The Morgan fingerprint density at radius 3 is 2.52 bits per heavy atom. The van der Waals surface area contributed by atoms with Crippen molar-refractivity contribution in [3.8, 4) is 0 Å². The second-order valence-corrected chi connectivity index (χ2v) is 7.76. The molecule has 0 N–H and O–H groups in total. The van der Waals surface area contributed by atoms with Crippen LogP contribution in [0.4, 0.5) is 14.5 Å². The molecule has 1 aliphatic heterocycles. The molecule has 3 nitrogen and oxygen atoms in total. The van der Waals surface area contributed by atoms with Gasteiger partial charge in [0.2, 0.25) is 9.84 Å². The van der Waals surface area contributed by atoms with Crippen LogP contribution in [-0.4, -0.2) is 20.7 Å². The van der Waals surface area contributed by atoms with Crippen LogP contribution in [0.5, 0.6) is 0 Å². The van der Waals surface area contributed by atoms with E-state index in [2.05, 4.69) is 16.3 Å². The fourth-order valence-corrected chi connectivity index (χ4v) is 4.03. The third-order valence-electron chi connectivity index (χ3n) is 3.57. The van der Waals surface area contributed by atoms with Crippen molar-refractivity contribution in [3.63, 3.8) is 0 Å². The van der Waals surface area contributed by atoms with E-state index in [0.29, 0.717) is 0 Å². The third kappa shape index (κ3) is 2.67. The number of hydrogen-bond donors (Lipinski definition) is 0. The lowest BCUT2D eigenvalue weighted by Crippen LogP contribution is -2.29. The van der Waals surface area contributed by atoms with Crippen LogP contribution in [-0.2, 0) is 22.8 Å². The minimum atomic E-state index is -4.51. The normalized spacial score (nSPS) is 15.3. The molecule has 2 aromatic rings. The van der Waals surface area contributed by atoms with E-state index in [4.69, 9.17) is 0 Å². The molecule has 0 aliphatic carbocycles. The zero-order chi connectivity index (χ0) is 15.0. The van der Waals surface area contributed by atoms with Crippen molar-refractivity contribution in [3.05, 3.63) is 46.2 Å². The van der Waals surface area contributed by atoms with E-state index in [9.17, 15) is 17.2 Å². The number of hydrogen-bond acceptors (Lipinski definition) is 4. The van der Waals surface area contributed by atoms with Gasteiger partial charge in [0.05, 0.1) is 4.90 Å². The smallest absolute Gasteiger partial charge is 0.341 e. The van der Waals surface area contributed by atoms with Crippen molar-refractivity contribution in [1.82, 2.24) is 0 Å². The van der Waals surface area contributed by atoms with Gasteiger partial charge in [-0.05, 0) is 47.7 Å². The van der Waals surface area contributed by atoms with Crippen LogP contribution >= 0.6 is 11.3 Å². The van der Waals surface area contributed by atoms with Crippen LogP contribution in [0.25, 0.3) is 0 Å². The van der Waals surface area contributed by atoms with Crippen molar-refractivity contribution in [2.45, 2.75) is 23.6 Å². The molecule has 7 heteroatoms. The second-order valence-electron chi connectivity index (χ2n) is 4.84. The SMILES string of the molecule is O=S(=O)(c1ccc(N2CCc3sccc3C2)cc1)C(F)F. The Morgan fingerprint density at radius 2 is 1.86 bits per heavy atom. The van der Waals surface area contributed by atoms with Gasteiger partial charge in [0.1, 0.15) is 0 Å². The van der Waals surface area contributed by atoms with Gasteiger partial charge in [0, 0.05) is 23.7 Å². The molecule has 0 fully saturated rings. The zero-order valence-corrected chi connectivity index (χ0v) is 12.6. The predicted octanol–water partition coefficient (Wildman–Crippen LogP) is 3.31. The second kappa shape index (κ2) is 5.38. The molecule has 21 heavy (non-hydrogen) atoms. The Hall–Kier alpha value is -1.47. The molecule has 3 rings (SSSR count). The van der Waals surface area contributed by atoms with E-state index >= 15 is 0 Å². The highest BCUT2D eigenvalue weighted by Crippen LogP contribution is 2.29. The maximum absolute atomic E-state index is 12.5. The lowest BCUT2D eigenvalue weighted by Gasteiger charge is -2.29. The van der Waals surface area contributed by atoms with Gasteiger partial charge in [-0.3, -0.25) is 0 Å². The van der Waals surface area contributed by atoms with Gasteiger partial charge in [-0.15, -0.1) is 11.3 Å². The summed E-state index contributed by atoms with van der Waals surface area (Å²) in [5.41, 5.74) is 2.12. The molecule has 0 radical (unpaired) electrons. The van der Waals surface area contributed by atoms with E-state index in [1.807, 2.05) is 0 Å². The minimum Gasteiger partial charge on any atom is -0.367 e. The van der Waals surface area contributed by atoms with Crippen molar-refractivity contribution in [2.24, 2.45) is 0 Å². The number of sulfone groups is 1. The van der Waals surface area contributed by atoms with Crippen LogP contribution in [0.1, 0.15) is 10.4 Å². The number of rotatable bonds is 3. The minimum absolute atomic E-state index is 0.338. The van der Waals surface area contributed by atoms with Crippen molar-refractivity contribution < 1.29 is 17.2 Å². The maximum atomic E-state index is 12.5. The first-order valence-corrected chi connectivity index (χ1v) is 8.83. The highest BCUT2D eigenvalue weighted by molar-refractivity contribution is 7.91.